The third-order valence-electron chi connectivity index (χ3n) is 18.5. The molecule has 0 bridgehead atoms. The van der Waals surface area contributed by atoms with E-state index in [0.717, 1.165) is 115 Å². The van der Waals surface area contributed by atoms with Gasteiger partial charge in [-0.25, -0.2) is 9.97 Å². The first kappa shape index (κ1) is 71.6. The van der Waals surface area contributed by atoms with Crippen molar-refractivity contribution >= 4 is 67.5 Å². The number of hydrogen-bond acceptors (Lipinski definition) is 11. The van der Waals surface area contributed by atoms with E-state index < -0.39 is 0 Å². The monoisotopic (exact) mass is 1290 g/mol. The SMILES string of the molecule is CCCCCCCCCCCCOc1ccc2c(cc(-c3ccc(-c4ccc(-c5ccc(-c6cc7nc(OCCCCCCCCCCCC)ccc7n(CCCCCCCCCCCC)c6=O)s5)c5nsnc45)s3)c(=O)n2CCCCCCCCCCCC)n1. The zero-order valence-corrected chi connectivity index (χ0v) is 59.0. The number of aromatic nitrogens is 6. The van der Waals surface area contributed by atoms with Crippen molar-refractivity contribution in [2.24, 2.45) is 0 Å². The van der Waals surface area contributed by atoms with Gasteiger partial charge in [0.25, 0.3) is 11.1 Å². The average Bonchev–Trinajstić information content (AvgIpc) is 1.85. The van der Waals surface area contributed by atoms with Gasteiger partial charge in [0.05, 0.1) is 58.1 Å². The number of thiophene rings is 2. The second kappa shape index (κ2) is 41.5. The van der Waals surface area contributed by atoms with Crippen molar-refractivity contribution in [2.45, 2.75) is 298 Å². The average molecular weight is 1290 g/mol. The first-order chi connectivity index (χ1) is 44.9. The molecule has 0 aliphatic carbocycles. The molecule has 1 aromatic carbocycles. The number of unbranched alkanes of at least 4 members (excludes halogenated alkanes) is 36. The number of rotatable bonds is 50. The molecule has 0 unspecified atom stereocenters. The smallest absolute Gasteiger partial charge is 0.259 e. The molecule has 91 heavy (non-hydrogen) atoms. The van der Waals surface area contributed by atoms with Gasteiger partial charge < -0.3 is 18.6 Å². The fraction of sp³-hybridized carbons (Fsp3) is 0.615. The van der Waals surface area contributed by atoms with Gasteiger partial charge in [0.1, 0.15) is 11.0 Å². The predicted molar refractivity (Wildman–Crippen MR) is 392 cm³/mol. The van der Waals surface area contributed by atoms with Gasteiger partial charge >= 0.3 is 0 Å². The minimum absolute atomic E-state index is 0.0168. The van der Waals surface area contributed by atoms with E-state index in [4.69, 9.17) is 28.2 Å². The number of benzene rings is 1. The molecule has 13 heteroatoms. The van der Waals surface area contributed by atoms with E-state index in [1.54, 1.807) is 22.7 Å². The molecular weight excluding hydrogens is 1180 g/mol. The number of fused-ring (bicyclic) bond motifs is 3. The van der Waals surface area contributed by atoms with Crippen LogP contribution in [0.5, 0.6) is 11.8 Å². The fourth-order valence-corrected chi connectivity index (χ4v) is 15.7. The maximum atomic E-state index is 14.8. The molecule has 0 amide bonds. The van der Waals surface area contributed by atoms with Gasteiger partial charge in [-0.15, -0.1) is 22.7 Å². The molecule has 10 nitrogen and oxygen atoms in total. The Kier molecular flexibility index (Phi) is 32.6. The Bertz CT molecular complexity index is 3240. The molecule has 7 aromatic heterocycles. The van der Waals surface area contributed by atoms with Gasteiger partial charge in [-0.3, -0.25) is 9.59 Å². The third kappa shape index (κ3) is 22.7. The summed E-state index contributed by atoms with van der Waals surface area (Å²) in [7, 11) is 0. The molecule has 0 saturated heterocycles. The quantitative estimate of drug-likeness (QED) is 0.0346. The normalized spacial score (nSPS) is 11.8. The maximum Gasteiger partial charge on any atom is 0.259 e. The molecule has 0 fully saturated rings. The van der Waals surface area contributed by atoms with E-state index in [-0.39, 0.29) is 11.1 Å². The minimum atomic E-state index is 0.0168. The van der Waals surface area contributed by atoms with E-state index in [1.807, 2.05) is 45.5 Å². The highest BCUT2D eigenvalue weighted by molar-refractivity contribution is 7.19. The molecule has 496 valence electrons. The Morgan fingerprint density at radius 3 is 0.934 bits per heavy atom. The molecule has 8 rings (SSSR count). The second-order valence-electron chi connectivity index (χ2n) is 26.0. The lowest BCUT2D eigenvalue weighted by atomic mass is 10.1. The summed E-state index contributed by atoms with van der Waals surface area (Å²) in [6.07, 6.45) is 50.4. The first-order valence-electron chi connectivity index (χ1n) is 36.7. The lowest BCUT2D eigenvalue weighted by Gasteiger charge is -2.14. The Morgan fingerprint density at radius 2 is 0.615 bits per heavy atom. The van der Waals surface area contributed by atoms with Crippen molar-refractivity contribution in [1.29, 1.82) is 0 Å². The topological polar surface area (TPSA) is 114 Å². The van der Waals surface area contributed by atoms with Crippen molar-refractivity contribution < 1.29 is 9.47 Å². The molecule has 0 aliphatic rings. The van der Waals surface area contributed by atoms with Crippen molar-refractivity contribution in [3.05, 3.63) is 93.5 Å². The van der Waals surface area contributed by atoms with Gasteiger partial charge in [-0.1, -0.05) is 271 Å². The predicted octanol–water partition coefficient (Wildman–Crippen LogP) is 24.3. The van der Waals surface area contributed by atoms with Gasteiger partial charge in [0.2, 0.25) is 11.8 Å². The lowest BCUT2D eigenvalue weighted by molar-refractivity contribution is 0.294. The zero-order chi connectivity index (χ0) is 63.5. The van der Waals surface area contributed by atoms with Gasteiger partial charge in [-0.2, -0.15) is 8.75 Å². The number of pyridine rings is 4. The standard InChI is InChI=1S/C78H112N6O4S3/c1-5-9-13-17-21-25-29-33-37-41-55-83-67-47-53-73(87-57-43-39-35-31-27-23-19-15-11-7-3)79-65(67)59-63(77(83)85)71-51-49-69(89-71)61-45-46-62(76-75(61)81-91-82-76)70-50-52-72(90-70)64-60-66-68(84(78(64)86)56-42-38-34-30-26-22-18-14-10-6-2)48-54-74(80-66)88-58-44-40-36-32-28-24-20-16-12-8-4/h45-54,59-60H,5-44,55-58H2,1-4H3. The maximum absolute atomic E-state index is 14.8. The molecular formula is C78H112N6O4S3. The second-order valence-corrected chi connectivity index (χ2v) is 28.7. The van der Waals surface area contributed by atoms with Crippen LogP contribution in [0.25, 0.3) is 74.9 Å². The molecule has 0 aliphatic heterocycles. The Balaban J connectivity index is 0.981. The van der Waals surface area contributed by atoms with Crippen LogP contribution in [-0.4, -0.2) is 41.1 Å². The van der Waals surface area contributed by atoms with Crippen LogP contribution < -0.4 is 20.6 Å². The summed E-state index contributed by atoms with van der Waals surface area (Å²) in [5.41, 5.74) is 8.24. The summed E-state index contributed by atoms with van der Waals surface area (Å²) >= 11 is 4.44. The number of hydrogen-bond donors (Lipinski definition) is 0. The van der Waals surface area contributed by atoms with Crippen LogP contribution in [-0.2, 0) is 13.1 Å². The summed E-state index contributed by atoms with van der Waals surface area (Å²) in [5, 5.41) is 0. The molecule has 0 radical (unpaired) electrons. The van der Waals surface area contributed by atoms with E-state index >= 15 is 0 Å². The minimum Gasteiger partial charge on any atom is -0.478 e. The summed E-state index contributed by atoms with van der Waals surface area (Å²) in [6.45, 7) is 11.7. The Morgan fingerprint density at radius 1 is 0.330 bits per heavy atom. The molecule has 0 atom stereocenters. The first-order valence-corrected chi connectivity index (χ1v) is 39.1. The lowest BCUT2D eigenvalue weighted by Crippen LogP contribution is -2.22. The number of ether oxygens (including phenoxy) is 2. The van der Waals surface area contributed by atoms with E-state index in [1.165, 1.54) is 217 Å². The van der Waals surface area contributed by atoms with Gasteiger partial charge in [0.15, 0.2) is 0 Å². The van der Waals surface area contributed by atoms with Gasteiger partial charge in [0, 0.05) is 55.9 Å². The number of aryl methyl sites for hydroxylation is 2. The van der Waals surface area contributed by atoms with E-state index in [9.17, 15) is 9.59 Å². The van der Waals surface area contributed by atoms with E-state index in [2.05, 4.69) is 64.1 Å². The molecule has 0 N–H and O–H groups in total. The summed E-state index contributed by atoms with van der Waals surface area (Å²) in [6, 6.07) is 24.7. The molecule has 0 spiro atoms. The van der Waals surface area contributed by atoms with Crippen molar-refractivity contribution in [2.75, 3.05) is 13.2 Å². The van der Waals surface area contributed by atoms with Crippen LogP contribution in [0, 0.1) is 0 Å². The van der Waals surface area contributed by atoms with E-state index in [0.29, 0.717) is 49.2 Å². The summed E-state index contributed by atoms with van der Waals surface area (Å²) < 4.78 is 26.4. The largest absolute Gasteiger partial charge is 0.478 e. The summed E-state index contributed by atoms with van der Waals surface area (Å²) in [4.78, 5) is 43.5. The third-order valence-corrected chi connectivity index (χ3v) is 21.3. The van der Waals surface area contributed by atoms with Gasteiger partial charge in [-0.05, 0) is 74.2 Å². The van der Waals surface area contributed by atoms with Crippen LogP contribution >= 0.6 is 34.4 Å². The van der Waals surface area contributed by atoms with Crippen LogP contribution in [0.4, 0.5) is 0 Å². The van der Waals surface area contributed by atoms with Crippen LogP contribution in [0.1, 0.15) is 285 Å². The number of nitrogens with zero attached hydrogens (tertiary/aromatic N) is 6. The zero-order valence-electron chi connectivity index (χ0n) is 56.6. The molecule has 7 heterocycles. The van der Waals surface area contributed by atoms with Crippen molar-refractivity contribution in [1.82, 2.24) is 27.8 Å². The highest BCUT2D eigenvalue weighted by Gasteiger charge is 2.21. The van der Waals surface area contributed by atoms with Crippen LogP contribution in [0.15, 0.2) is 82.4 Å². The summed E-state index contributed by atoms with van der Waals surface area (Å²) in [5.74, 6) is 1.23. The molecule has 0 saturated carbocycles. The Hall–Kier alpha value is -5.24. The highest BCUT2D eigenvalue weighted by Crippen LogP contribution is 2.43. The van der Waals surface area contributed by atoms with Crippen molar-refractivity contribution in [3.8, 4) is 53.5 Å². The highest BCUT2D eigenvalue weighted by atomic mass is 32.1. The van der Waals surface area contributed by atoms with Crippen molar-refractivity contribution in [3.63, 3.8) is 0 Å². The molecule has 8 aromatic rings. The van der Waals surface area contributed by atoms with Crippen LogP contribution in [0.2, 0.25) is 0 Å². The van der Waals surface area contributed by atoms with Crippen LogP contribution in [0.3, 0.4) is 0 Å². The fourth-order valence-electron chi connectivity index (χ4n) is 13.0. The Labute approximate surface area is 559 Å².